The molecule has 1 heterocycles. The number of fused-ring (bicyclic) bond motifs is 1. The van der Waals surface area contributed by atoms with Crippen molar-refractivity contribution in [2.24, 2.45) is 16.5 Å². The molecule has 0 saturated carbocycles. The van der Waals surface area contributed by atoms with Crippen LogP contribution < -0.4 is 11.5 Å². The third-order valence-electron chi connectivity index (χ3n) is 2.16. The van der Waals surface area contributed by atoms with Gasteiger partial charge in [0.15, 0.2) is 11.8 Å². The average molecular weight is 200 g/mol. The summed E-state index contributed by atoms with van der Waals surface area (Å²) in [6.07, 6.45) is 0. The van der Waals surface area contributed by atoms with Gasteiger partial charge in [-0.1, -0.05) is 24.3 Å². The fourth-order valence-corrected chi connectivity index (χ4v) is 1.55. The van der Waals surface area contributed by atoms with Crippen molar-refractivity contribution in [3.8, 4) is 0 Å². The van der Waals surface area contributed by atoms with E-state index in [1.807, 2.05) is 37.3 Å². The van der Waals surface area contributed by atoms with Crippen LogP contribution in [0.2, 0.25) is 0 Å². The Morgan fingerprint density at radius 2 is 2.00 bits per heavy atom. The van der Waals surface area contributed by atoms with E-state index in [1.165, 1.54) is 0 Å². The lowest BCUT2D eigenvalue weighted by Crippen LogP contribution is -2.22. The zero-order valence-corrected chi connectivity index (χ0v) is 8.44. The predicted octanol–water partition coefficient (Wildman–Crippen LogP) is 1.45. The monoisotopic (exact) mass is 200 g/mol. The number of benzene rings is 1. The van der Waals surface area contributed by atoms with Crippen LogP contribution in [0.5, 0.6) is 0 Å². The fraction of sp³-hybridized carbons (Fsp3) is 0.0909. The van der Waals surface area contributed by atoms with Crippen molar-refractivity contribution < 1.29 is 0 Å². The number of aliphatic imine (C=N–C) groups is 1. The first kappa shape index (κ1) is 9.45. The Hall–Kier alpha value is -2.10. The molecular formula is C11H12N4. The molecule has 0 amide bonds. The summed E-state index contributed by atoms with van der Waals surface area (Å²) in [5, 5.41) is 2.21. The number of nitrogens with zero attached hydrogens (tertiary/aromatic N) is 2. The van der Waals surface area contributed by atoms with Crippen LogP contribution in [0.4, 0.5) is 5.82 Å². The third kappa shape index (κ3) is 1.88. The molecule has 0 atom stereocenters. The molecule has 2 aromatic rings. The Labute approximate surface area is 87.6 Å². The van der Waals surface area contributed by atoms with Crippen LogP contribution in [0.3, 0.4) is 0 Å². The van der Waals surface area contributed by atoms with Crippen molar-refractivity contribution in [3.63, 3.8) is 0 Å². The van der Waals surface area contributed by atoms with Gasteiger partial charge < -0.3 is 11.5 Å². The maximum Gasteiger partial charge on any atom is 0.192 e. The van der Waals surface area contributed by atoms with E-state index >= 15 is 0 Å². The Balaban J connectivity index is 2.67. The number of hydrogen-bond acceptors (Lipinski definition) is 2. The lowest BCUT2D eigenvalue weighted by Gasteiger charge is -2.02. The normalized spacial score (nSPS) is 10.2. The minimum absolute atomic E-state index is 0.0252. The molecule has 0 bridgehead atoms. The zero-order chi connectivity index (χ0) is 10.8. The van der Waals surface area contributed by atoms with Crippen molar-refractivity contribution in [2.45, 2.75) is 6.92 Å². The van der Waals surface area contributed by atoms with E-state index in [0.717, 1.165) is 16.5 Å². The highest BCUT2D eigenvalue weighted by molar-refractivity contribution is 5.87. The van der Waals surface area contributed by atoms with Crippen LogP contribution in [-0.2, 0) is 0 Å². The molecule has 1 aromatic heterocycles. The topological polar surface area (TPSA) is 77.3 Å². The van der Waals surface area contributed by atoms with E-state index in [1.54, 1.807) is 0 Å². The zero-order valence-electron chi connectivity index (χ0n) is 8.44. The van der Waals surface area contributed by atoms with Crippen LogP contribution >= 0.6 is 0 Å². The number of rotatable bonds is 1. The van der Waals surface area contributed by atoms with E-state index in [4.69, 9.17) is 11.5 Å². The van der Waals surface area contributed by atoms with Gasteiger partial charge in [-0.05, 0) is 18.4 Å². The molecule has 4 nitrogen and oxygen atoms in total. The number of pyridine rings is 1. The van der Waals surface area contributed by atoms with E-state index in [-0.39, 0.29) is 5.96 Å². The van der Waals surface area contributed by atoms with Gasteiger partial charge in [0.05, 0.1) is 0 Å². The van der Waals surface area contributed by atoms with Crippen LogP contribution in [0.15, 0.2) is 35.3 Å². The first-order valence-electron chi connectivity index (χ1n) is 4.63. The first-order chi connectivity index (χ1) is 7.16. The maximum atomic E-state index is 5.31. The average Bonchev–Trinajstić information content (AvgIpc) is 2.16. The Bertz CT molecular complexity index is 527. The summed E-state index contributed by atoms with van der Waals surface area (Å²) in [4.78, 5) is 8.23. The summed E-state index contributed by atoms with van der Waals surface area (Å²) in [5.74, 6) is 0.573. The van der Waals surface area contributed by atoms with Crippen molar-refractivity contribution in [1.29, 1.82) is 0 Å². The maximum absolute atomic E-state index is 5.31. The minimum atomic E-state index is 0.0252. The predicted molar refractivity (Wildman–Crippen MR) is 61.9 cm³/mol. The van der Waals surface area contributed by atoms with E-state index in [2.05, 4.69) is 9.98 Å². The quantitative estimate of drug-likeness (QED) is 0.540. The smallest absolute Gasteiger partial charge is 0.192 e. The molecule has 0 aliphatic heterocycles. The molecule has 0 saturated heterocycles. The number of nitrogens with two attached hydrogens (primary N) is 2. The summed E-state index contributed by atoms with van der Waals surface area (Å²) in [6.45, 7) is 1.94. The van der Waals surface area contributed by atoms with Crippen molar-refractivity contribution in [1.82, 2.24) is 4.98 Å². The second-order valence-corrected chi connectivity index (χ2v) is 3.32. The largest absolute Gasteiger partial charge is 0.370 e. The van der Waals surface area contributed by atoms with Gasteiger partial charge in [-0.15, -0.1) is 0 Å². The minimum Gasteiger partial charge on any atom is -0.370 e. The molecule has 4 N–H and O–H groups in total. The molecule has 1 aromatic carbocycles. The van der Waals surface area contributed by atoms with Crippen molar-refractivity contribution >= 4 is 22.5 Å². The highest BCUT2D eigenvalue weighted by Crippen LogP contribution is 2.21. The third-order valence-corrected chi connectivity index (χ3v) is 2.16. The number of hydrogen-bond donors (Lipinski definition) is 2. The van der Waals surface area contributed by atoms with Crippen LogP contribution in [0.25, 0.3) is 10.8 Å². The number of aromatic nitrogens is 1. The molecule has 0 aliphatic rings. The second-order valence-electron chi connectivity index (χ2n) is 3.32. The van der Waals surface area contributed by atoms with Crippen LogP contribution in [0.1, 0.15) is 5.69 Å². The highest BCUT2D eigenvalue weighted by Gasteiger charge is 2.00. The molecule has 0 unspecified atom stereocenters. The number of guanidine groups is 1. The van der Waals surface area contributed by atoms with Gasteiger partial charge in [0.25, 0.3) is 0 Å². The SMILES string of the molecule is Cc1nc(N=C(N)N)cc2ccccc12. The lowest BCUT2D eigenvalue weighted by molar-refractivity contribution is 1.20. The molecular weight excluding hydrogens is 188 g/mol. The van der Waals surface area contributed by atoms with E-state index < -0.39 is 0 Å². The lowest BCUT2D eigenvalue weighted by atomic mass is 10.1. The van der Waals surface area contributed by atoms with Gasteiger partial charge in [-0.2, -0.15) is 4.99 Å². The van der Waals surface area contributed by atoms with Gasteiger partial charge in [-0.25, -0.2) is 4.98 Å². The van der Waals surface area contributed by atoms with Crippen molar-refractivity contribution in [3.05, 3.63) is 36.0 Å². The molecule has 15 heavy (non-hydrogen) atoms. The molecule has 0 radical (unpaired) electrons. The first-order valence-corrected chi connectivity index (χ1v) is 4.63. The molecule has 76 valence electrons. The van der Waals surface area contributed by atoms with Gasteiger partial charge >= 0.3 is 0 Å². The standard InChI is InChI=1S/C11H12N4/c1-7-9-5-3-2-4-8(9)6-10(14-7)15-11(12)13/h2-6H,1H3,(H4,12,13,14,15). The molecule has 0 aliphatic carbocycles. The van der Waals surface area contributed by atoms with E-state index in [0.29, 0.717) is 5.82 Å². The molecule has 4 heteroatoms. The number of aryl methyl sites for hydroxylation is 1. The fourth-order valence-electron chi connectivity index (χ4n) is 1.55. The summed E-state index contributed by atoms with van der Waals surface area (Å²) in [7, 11) is 0. The Morgan fingerprint density at radius 1 is 1.27 bits per heavy atom. The highest BCUT2D eigenvalue weighted by atomic mass is 15.0. The summed E-state index contributed by atoms with van der Waals surface area (Å²) in [6, 6.07) is 9.85. The van der Waals surface area contributed by atoms with Gasteiger partial charge in [0.2, 0.25) is 0 Å². The van der Waals surface area contributed by atoms with Crippen LogP contribution in [-0.4, -0.2) is 10.9 Å². The molecule has 0 fully saturated rings. The van der Waals surface area contributed by atoms with Crippen LogP contribution in [0, 0.1) is 6.92 Å². The Morgan fingerprint density at radius 3 is 2.73 bits per heavy atom. The summed E-state index contributed by atoms with van der Waals surface area (Å²) < 4.78 is 0. The van der Waals surface area contributed by atoms with Gasteiger partial charge in [0, 0.05) is 11.1 Å². The Kier molecular flexibility index (Phi) is 2.25. The second kappa shape index (κ2) is 3.57. The summed E-state index contributed by atoms with van der Waals surface area (Å²) >= 11 is 0. The van der Waals surface area contributed by atoms with Gasteiger partial charge in [0.1, 0.15) is 0 Å². The van der Waals surface area contributed by atoms with E-state index in [9.17, 15) is 0 Å². The molecule has 2 rings (SSSR count). The molecule has 0 spiro atoms. The van der Waals surface area contributed by atoms with Crippen molar-refractivity contribution in [2.75, 3.05) is 0 Å². The van der Waals surface area contributed by atoms with Gasteiger partial charge in [-0.3, -0.25) is 0 Å². The summed E-state index contributed by atoms with van der Waals surface area (Å²) in [5.41, 5.74) is 11.5.